The van der Waals surface area contributed by atoms with Crippen molar-refractivity contribution in [3.63, 3.8) is 0 Å². The predicted octanol–water partition coefficient (Wildman–Crippen LogP) is 2.55. The van der Waals surface area contributed by atoms with Crippen molar-refractivity contribution in [1.82, 2.24) is 19.6 Å². The Morgan fingerprint density at radius 2 is 2.20 bits per heavy atom. The van der Waals surface area contributed by atoms with Crippen LogP contribution in [0.4, 0.5) is 5.69 Å². The molecule has 0 N–H and O–H groups in total. The van der Waals surface area contributed by atoms with Gasteiger partial charge in [0.05, 0.1) is 11.6 Å². The number of amides is 1. The number of rotatable bonds is 2. The summed E-state index contributed by atoms with van der Waals surface area (Å²) >= 11 is 3.36. The lowest BCUT2D eigenvalue weighted by Crippen LogP contribution is -2.48. The second kappa shape index (κ2) is 6.03. The predicted molar refractivity (Wildman–Crippen MR) is 96.8 cm³/mol. The molecule has 0 atom stereocenters. The van der Waals surface area contributed by atoms with Crippen LogP contribution >= 0.6 is 15.9 Å². The van der Waals surface area contributed by atoms with Gasteiger partial charge in [-0.15, -0.1) is 0 Å². The summed E-state index contributed by atoms with van der Waals surface area (Å²) in [6, 6.07) is 7.62. The number of ether oxygens (including phenoxy) is 1. The Hall–Kier alpha value is -2.61. The van der Waals surface area contributed by atoms with Crippen LogP contribution in [0.2, 0.25) is 0 Å². The van der Waals surface area contributed by atoms with E-state index in [2.05, 4.69) is 32.1 Å². The molecule has 1 aromatic carbocycles. The molecular formula is C17H16BrN5O2. The van der Waals surface area contributed by atoms with E-state index >= 15 is 0 Å². The van der Waals surface area contributed by atoms with Gasteiger partial charge >= 0.3 is 0 Å². The van der Waals surface area contributed by atoms with Gasteiger partial charge in [0, 0.05) is 32.1 Å². The van der Waals surface area contributed by atoms with Gasteiger partial charge in [0.15, 0.2) is 11.3 Å². The molecule has 8 heteroatoms. The van der Waals surface area contributed by atoms with E-state index in [1.165, 1.54) is 0 Å². The first-order chi connectivity index (χ1) is 12.1. The number of aromatic nitrogens is 3. The first-order valence-corrected chi connectivity index (χ1v) is 8.60. The van der Waals surface area contributed by atoms with Gasteiger partial charge in [-0.05, 0) is 34.0 Å². The Bertz CT molecular complexity index is 957. The molecule has 25 heavy (non-hydrogen) atoms. The number of carbonyl (C=O) groups is 1. The van der Waals surface area contributed by atoms with Crippen LogP contribution in [-0.2, 0) is 6.42 Å². The summed E-state index contributed by atoms with van der Waals surface area (Å²) in [6.45, 7) is 0.584. The standard InChI is InChI=1S/C17H16BrN5O2/c1-21-16-11(4-3-5-14(16)25-2)6-7-23(21)17(24)13-8-15-19-9-12(18)10-22(15)20-13/h3-5,8-10H,6-7H2,1-2H3. The van der Waals surface area contributed by atoms with Crippen molar-refractivity contribution in [2.75, 3.05) is 25.7 Å². The number of para-hydroxylation sites is 1. The van der Waals surface area contributed by atoms with E-state index in [1.54, 1.807) is 35.1 Å². The van der Waals surface area contributed by atoms with E-state index in [4.69, 9.17) is 4.74 Å². The Morgan fingerprint density at radius 1 is 1.36 bits per heavy atom. The average Bonchev–Trinajstić information content (AvgIpc) is 3.04. The molecule has 0 aliphatic carbocycles. The van der Waals surface area contributed by atoms with Crippen molar-refractivity contribution >= 4 is 33.2 Å². The number of halogens is 1. The number of hydrogen-bond acceptors (Lipinski definition) is 5. The highest BCUT2D eigenvalue weighted by atomic mass is 79.9. The smallest absolute Gasteiger partial charge is 0.292 e. The highest BCUT2D eigenvalue weighted by Crippen LogP contribution is 2.36. The zero-order chi connectivity index (χ0) is 17.6. The molecule has 4 rings (SSSR count). The minimum Gasteiger partial charge on any atom is -0.495 e. The molecular weight excluding hydrogens is 386 g/mol. The summed E-state index contributed by atoms with van der Waals surface area (Å²) in [7, 11) is 3.50. The molecule has 0 radical (unpaired) electrons. The summed E-state index contributed by atoms with van der Waals surface area (Å²) in [5, 5.41) is 7.88. The van der Waals surface area contributed by atoms with Gasteiger partial charge in [0.1, 0.15) is 11.4 Å². The van der Waals surface area contributed by atoms with Crippen molar-refractivity contribution in [3.05, 3.63) is 52.4 Å². The minimum atomic E-state index is -0.166. The van der Waals surface area contributed by atoms with Crippen molar-refractivity contribution in [1.29, 1.82) is 0 Å². The lowest BCUT2D eigenvalue weighted by molar-refractivity contribution is 0.0731. The van der Waals surface area contributed by atoms with E-state index in [-0.39, 0.29) is 5.91 Å². The number of nitrogens with zero attached hydrogens (tertiary/aromatic N) is 5. The lowest BCUT2D eigenvalue weighted by atomic mass is 10.1. The summed E-state index contributed by atoms with van der Waals surface area (Å²) in [4.78, 5) is 17.3. The number of benzene rings is 1. The SMILES string of the molecule is COc1cccc2c1N(C)N(C(=O)c1cc3ncc(Br)cn3n1)CC2. The fraction of sp³-hybridized carbons (Fsp3) is 0.235. The van der Waals surface area contributed by atoms with E-state index in [9.17, 15) is 4.79 Å². The molecule has 0 saturated heterocycles. The van der Waals surface area contributed by atoms with E-state index < -0.39 is 0 Å². The van der Waals surface area contributed by atoms with E-state index in [0.717, 1.165) is 27.9 Å². The van der Waals surface area contributed by atoms with Gasteiger partial charge in [0.2, 0.25) is 0 Å². The van der Waals surface area contributed by atoms with Crippen LogP contribution in [0.5, 0.6) is 5.75 Å². The monoisotopic (exact) mass is 401 g/mol. The summed E-state index contributed by atoms with van der Waals surface area (Å²) in [5.41, 5.74) is 3.06. The molecule has 0 spiro atoms. The Balaban J connectivity index is 1.70. The molecule has 7 nitrogen and oxygen atoms in total. The number of carbonyl (C=O) groups excluding carboxylic acids is 1. The van der Waals surface area contributed by atoms with Crippen LogP contribution in [0.3, 0.4) is 0 Å². The molecule has 2 aromatic heterocycles. The number of anilines is 1. The zero-order valence-electron chi connectivity index (χ0n) is 13.8. The molecule has 1 amide bonds. The summed E-state index contributed by atoms with van der Waals surface area (Å²) < 4.78 is 7.86. The van der Waals surface area contributed by atoms with Gasteiger partial charge in [-0.1, -0.05) is 12.1 Å². The summed E-state index contributed by atoms with van der Waals surface area (Å²) in [5.74, 6) is 0.582. The second-order valence-electron chi connectivity index (χ2n) is 5.77. The van der Waals surface area contributed by atoms with Crippen molar-refractivity contribution < 1.29 is 9.53 Å². The van der Waals surface area contributed by atoms with Crippen molar-refractivity contribution in [2.45, 2.75) is 6.42 Å². The number of methoxy groups -OCH3 is 1. The van der Waals surface area contributed by atoms with Gasteiger partial charge in [-0.3, -0.25) is 9.80 Å². The first kappa shape index (κ1) is 15.9. The molecule has 3 heterocycles. The van der Waals surface area contributed by atoms with Crippen molar-refractivity contribution in [3.8, 4) is 5.75 Å². The van der Waals surface area contributed by atoms with Crippen LogP contribution in [-0.4, -0.2) is 46.2 Å². The third kappa shape index (κ3) is 2.62. The van der Waals surface area contributed by atoms with E-state index in [0.29, 0.717) is 17.9 Å². The summed E-state index contributed by atoms with van der Waals surface area (Å²) in [6.07, 6.45) is 4.22. The third-order valence-electron chi connectivity index (χ3n) is 4.32. The fourth-order valence-corrected chi connectivity index (χ4v) is 3.42. The molecule has 0 saturated carbocycles. The average molecular weight is 402 g/mol. The lowest BCUT2D eigenvalue weighted by Gasteiger charge is -2.38. The van der Waals surface area contributed by atoms with Crippen LogP contribution in [0.1, 0.15) is 16.1 Å². The maximum atomic E-state index is 13.0. The third-order valence-corrected chi connectivity index (χ3v) is 4.73. The highest BCUT2D eigenvalue weighted by Gasteiger charge is 2.30. The molecule has 0 bridgehead atoms. The highest BCUT2D eigenvalue weighted by molar-refractivity contribution is 9.10. The fourth-order valence-electron chi connectivity index (χ4n) is 3.13. The largest absolute Gasteiger partial charge is 0.495 e. The molecule has 0 unspecified atom stereocenters. The van der Waals surface area contributed by atoms with Crippen LogP contribution < -0.4 is 9.75 Å². The number of hydrogen-bond donors (Lipinski definition) is 0. The quantitative estimate of drug-likeness (QED) is 0.660. The van der Waals surface area contributed by atoms with E-state index in [1.807, 2.05) is 24.2 Å². The van der Waals surface area contributed by atoms with Gasteiger partial charge < -0.3 is 4.74 Å². The topological polar surface area (TPSA) is 63.0 Å². The second-order valence-corrected chi connectivity index (χ2v) is 6.69. The van der Waals surface area contributed by atoms with Gasteiger partial charge in [0.25, 0.3) is 5.91 Å². The maximum absolute atomic E-state index is 13.0. The van der Waals surface area contributed by atoms with Crippen molar-refractivity contribution in [2.24, 2.45) is 0 Å². The molecule has 128 valence electrons. The van der Waals surface area contributed by atoms with Crippen LogP contribution in [0.15, 0.2) is 41.1 Å². The first-order valence-electron chi connectivity index (χ1n) is 7.81. The van der Waals surface area contributed by atoms with Gasteiger partial charge in [-0.2, -0.15) is 5.10 Å². The Morgan fingerprint density at radius 3 is 3.00 bits per heavy atom. The normalized spacial score (nSPS) is 13.9. The van der Waals surface area contributed by atoms with Crippen LogP contribution in [0.25, 0.3) is 5.65 Å². The Kier molecular flexibility index (Phi) is 3.84. The molecule has 3 aromatic rings. The molecule has 1 aliphatic heterocycles. The zero-order valence-corrected chi connectivity index (χ0v) is 15.4. The van der Waals surface area contributed by atoms with Crippen LogP contribution in [0, 0.1) is 0 Å². The molecule has 1 aliphatic rings. The Labute approximate surface area is 152 Å². The molecule has 0 fully saturated rings. The number of fused-ring (bicyclic) bond motifs is 2. The maximum Gasteiger partial charge on any atom is 0.292 e. The number of hydrazine groups is 1. The minimum absolute atomic E-state index is 0.166. The van der Waals surface area contributed by atoms with Gasteiger partial charge in [-0.25, -0.2) is 14.5 Å².